The van der Waals surface area contributed by atoms with Gasteiger partial charge in [0, 0.05) is 11.6 Å². The van der Waals surface area contributed by atoms with Crippen molar-refractivity contribution >= 4 is 40.1 Å². The Labute approximate surface area is 177 Å². The molecule has 146 valence electrons. The van der Waals surface area contributed by atoms with Crippen LogP contribution >= 0.6 is 22.9 Å². The first-order chi connectivity index (χ1) is 14.2. The third-order valence-corrected chi connectivity index (χ3v) is 4.62. The lowest BCUT2D eigenvalue weighted by Gasteiger charge is -2.10. The van der Waals surface area contributed by atoms with Crippen LogP contribution < -0.4 is 14.8 Å². The number of halogens is 1. The molecule has 0 atom stereocenters. The topological polar surface area (TPSA) is 84.2 Å². The summed E-state index contributed by atoms with van der Waals surface area (Å²) < 4.78 is 11.2. The molecular formula is C21H16ClN3O3S. The second-order valence-corrected chi connectivity index (χ2v) is 6.96. The molecule has 1 heterocycles. The molecular weight excluding hydrogens is 410 g/mol. The minimum absolute atomic E-state index is 0.0544. The van der Waals surface area contributed by atoms with Crippen molar-refractivity contribution in [2.75, 3.05) is 18.5 Å². The first-order valence-corrected chi connectivity index (χ1v) is 9.84. The monoisotopic (exact) mass is 425 g/mol. The van der Waals surface area contributed by atoms with Crippen LogP contribution in [-0.4, -0.2) is 24.1 Å². The zero-order chi connectivity index (χ0) is 20.5. The Hall–Kier alpha value is -3.34. The van der Waals surface area contributed by atoms with Crippen molar-refractivity contribution in [2.24, 2.45) is 0 Å². The number of thiazole rings is 1. The molecule has 2 aromatic carbocycles. The Bertz CT molecular complexity index is 1030. The summed E-state index contributed by atoms with van der Waals surface area (Å²) in [5.41, 5.74) is 0.551. The number of rotatable bonds is 8. The van der Waals surface area contributed by atoms with Crippen molar-refractivity contribution in [3.05, 3.63) is 76.3 Å². The van der Waals surface area contributed by atoms with Gasteiger partial charge in [-0.15, -0.1) is 11.3 Å². The fourth-order valence-corrected chi connectivity index (χ4v) is 3.08. The zero-order valence-electron chi connectivity index (χ0n) is 15.2. The standard InChI is InChI=1S/C21H16ClN3O3S/c22-18-13-15(12-16(14-23)20(26)25-21-24-8-11-29-21)6-7-19(18)28-10-9-27-17-4-2-1-3-5-17/h1-8,11-13H,9-10H2,(H,24,25,26)/b16-12-. The van der Waals surface area contributed by atoms with E-state index >= 15 is 0 Å². The number of aromatic nitrogens is 1. The number of carbonyl (C=O) groups excluding carboxylic acids is 1. The van der Waals surface area contributed by atoms with Gasteiger partial charge in [0.05, 0.1) is 5.02 Å². The predicted molar refractivity (Wildman–Crippen MR) is 113 cm³/mol. The maximum Gasteiger partial charge on any atom is 0.268 e. The Morgan fingerprint density at radius 2 is 2.00 bits per heavy atom. The Morgan fingerprint density at radius 3 is 2.69 bits per heavy atom. The summed E-state index contributed by atoms with van der Waals surface area (Å²) in [7, 11) is 0. The van der Waals surface area contributed by atoms with E-state index in [0.717, 1.165) is 5.75 Å². The third kappa shape index (κ3) is 6.07. The van der Waals surface area contributed by atoms with E-state index in [2.05, 4.69) is 10.3 Å². The molecule has 0 spiro atoms. The van der Waals surface area contributed by atoms with Crippen LogP contribution in [0.25, 0.3) is 6.08 Å². The molecule has 0 radical (unpaired) electrons. The molecule has 0 fully saturated rings. The number of benzene rings is 2. The van der Waals surface area contributed by atoms with Gasteiger partial charge in [0.15, 0.2) is 5.13 Å². The summed E-state index contributed by atoms with van der Waals surface area (Å²) in [4.78, 5) is 16.1. The number of anilines is 1. The van der Waals surface area contributed by atoms with Crippen molar-refractivity contribution in [2.45, 2.75) is 0 Å². The molecule has 1 aromatic heterocycles. The van der Waals surface area contributed by atoms with Crippen LogP contribution in [0.2, 0.25) is 5.02 Å². The zero-order valence-corrected chi connectivity index (χ0v) is 16.7. The van der Waals surface area contributed by atoms with Crippen molar-refractivity contribution in [1.82, 2.24) is 4.98 Å². The lowest BCUT2D eigenvalue weighted by molar-refractivity contribution is -0.112. The first-order valence-electron chi connectivity index (χ1n) is 8.58. The van der Waals surface area contributed by atoms with Crippen LogP contribution in [0.3, 0.4) is 0 Å². The minimum Gasteiger partial charge on any atom is -0.490 e. The molecule has 1 N–H and O–H groups in total. The number of amides is 1. The van der Waals surface area contributed by atoms with Gasteiger partial charge >= 0.3 is 0 Å². The number of hydrogen-bond donors (Lipinski definition) is 1. The average molecular weight is 426 g/mol. The fourth-order valence-electron chi connectivity index (χ4n) is 2.32. The van der Waals surface area contributed by atoms with Crippen LogP contribution in [0, 0.1) is 11.3 Å². The van der Waals surface area contributed by atoms with E-state index in [1.165, 1.54) is 17.4 Å². The number of carbonyl (C=O) groups is 1. The predicted octanol–water partition coefficient (Wildman–Crippen LogP) is 4.80. The molecule has 6 nitrogen and oxygen atoms in total. The van der Waals surface area contributed by atoms with Gasteiger partial charge in [-0.05, 0) is 35.9 Å². The maximum absolute atomic E-state index is 12.2. The highest BCUT2D eigenvalue weighted by Crippen LogP contribution is 2.26. The second kappa shape index (κ2) is 10.3. The summed E-state index contributed by atoms with van der Waals surface area (Å²) >= 11 is 7.53. The first kappa shape index (κ1) is 20.4. The normalized spacial score (nSPS) is 10.8. The number of ether oxygens (including phenoxy) is 2. The number of nitrogens with zero attached hydrogens (tertiary/aromatic N) is 2. The highest BCUT2D eigenvalue weighted by atomic mass is 35.5. The molecule has 0 unspecified atom stereocenters. The van der Waals surface area contributed by atoms with Crippen LogP contribution in [0.1, 0.15) is 5.56 Å². The second-order valence-electron chi connectivity index (χ2n) is 5.66. The Balaban J connectivity index is 1.58. The summed E-state index contributed by atoms with van der Waals surface area (Å²) in [6.45, 7) is 0.695. The minimum atomic E-state index is -0.531. The molecule has 0 aliphatic heterocycles. The van der Waals surface area contributed by atoms with Gasteiger partial charge in [-0.1, -0.05) is 35.9 Å². The fraction of sp³-hybridized carbons (Fsp3) is 0.0952. The van der Waals surface area contributed by atoms with Gasteiger partial charge in [-0.2, -0.15) is 5.26 Å². The van der Waals surface area contributed by atoms with Crippen molar-refractivity contribution < 1.29 is 14.3 Å². The summed E-state index contributed by atoms with van der Waals surface area (Å²) in [6.07, 6.45) is 3.02. The SMILES string of the molecule is N#C/C(=C/c1ccc(OCCOc2ccccc2)c(Cl)c1)C(=O)Nc1nccs1. The van der Waals surface area contributed by atoms with Crippen molar-refractivity contribution in [1.29, 1.82) is 5.26 Å². The highest BCUT2D eigenvalue weighted by Gasteiger charge is 2.11. The number of para-hydroxylation sites is 1. The summed E-state index contributed by atoms with van der Waals surface area (Å²) in [6, 6.07) is 16.4. The molecule has 1 amide bonds. The van der Waals surface area contributed by atoms with Crippen LogP contribution in [-0.2, 0) is 4.79 Å². The molecule has 8 heteroatoms. The summed E-state index contributed by atoms with van der Waals surface area (Å²) in [5.74, 6) is 0.728. The van der Waals surface area contributed by atoms with E-state index in [1.54, 1.807) is 29.8 Å². The lowest BCUT2D eigenvalue weighted by atomic mass is 10.1. The van der Waals surface area contributed by atoms with E-state index in [9.17, 15) is 10.1 Å². The molecule has 0 bridgehead atoms. The van der Waals surface area contributed by atoms with Crippen LogP contribution in [0.4, 0.5) is 5.13 Å². The van der Waals surface area contributed by atoms with Gasteiger partial charge in [0.25, 0.3) is 5.91 Å². The molecule has 0 saturated carbocycles. The van der Waals surface area contributed by atoms with Gasteiger partial charge in [-0.25, -0.2) is 4.98 Å². The van der Waals surface area contributed by atoms with E-state index in [0.29, 0.717) is 34.7 Å². The average Bonchev–Trinajstić information content (AvgIpc) is 3.24. The van der Waals surface area contributed by atoms with Gasteiger partial charge in [0.1, 0.15) is 36.4 Å². The van der Waals surface area contributed by atoms with E-state index < -0.39 is 5.91 Å². The van der Waals surface area contributed by atoms with Crippen molar-refractivity contribution in [3.63, 3.8) is 0 Å². The molecule has 3 rings (SSSR count). The van der Waals surface area contributed by atoms with E-state index in [-0.39, 0.29) is 5.57 Å². The largest absolute Gasteiger partial charge is 0.490 e. The van der Waals surface area contributed by atoms with Gasteiger partial charge in [-0.3, -0.25) is 10.1 Å². The Morgan fingerprint density at radius 1 is 1.21 bits per heavy atom. The number of nitriles is 1. The van der Waals surface area contributed by atoms with Crippen molar-refractivity contribution in [3.8, 4) is 17.6 Å². The molecule has 29 heavy (non-hydrogen) atoms. The molecule has 0 aliphatic rings. The van der Waals surface area contributed by atoms with E-state index in [1.807, 2.05) is 36.4 Å². The third-order valence-electron chi connectivity index (χ3n) is 3.64. The summed E-state index contributed by atoms with van der Waals surface area (Å²) in [5, 5.41) is 14.4. The molecule has 3 aromatic rings. The lowest BCUT2D eigenvalue weighted by Crippen LogP contribution is -2.13. The smallest absolute Gasteiger partial charge is 0.268 e. The quantitative estimate of drug-likeness (QED) is 0.318. The number of hydrogen-bond acceptors (Lipinski definition) is 6. The molecule has 0 saturated heterocycles. The van der Waals surface area contributed by atoms with Gasteiger partial charge in [0.2, 0.25) is 0 Å². The van der Waals surface area contributed by atoms with Gasteiger partial charge < -0.3 is 9.47 Å². The Kier molecular flexibility index (Phi) is 7.22. The number of nitrogens with one attached hydrogen (secondary N) is 1. The highest BCUT2D eigenvalue weighted by molar-refractivity contribution is 7.13. The van der Waals surface area contributed by atoms with E-state index in [4.69, 9.17) is 21.1 Å². The maximum atomic E-state index is 12.2. The molecule has 0 aliphatic carbocycles. The van der Waals surface area contributed by atoms with Crippen LogP contribution in [0.5, 0.6) is 11.5 Å². The van der Waals surface area contributed by atoms with Crippen LogP contribution in [0.15, 0.2) is 65.7 Å².